The van der Waals surface area contributed by atoms with E-state index in [0.717, 1.165) is 31.6 Å². The molecule has 1 aromatic heterocycles. The number of nitriles is 1. The third kappa shape index (κ3) is 3.44. The van der Waals surface area contributed by atoms with Crippen molar-refractivity contribution in [2.75, 3.05) is 18.0 Å². The number of carboxylic acids is 1. The molecule has 1 aliphatic heterocycles. The van der Waals surface area contributed by atoms with Gasteiger partial charge < -0.3 is 10.0 Å². The largest absolute Gasteiger partial charge is 0.481 e. The van der Waals surface area contributed by atoms with Crippen molar-refractivity contribution in [3.8, 4) is 6.07 Å². The molecule has 1 unspecified atom stereocenters. The molecule has 19 heavy (non-hydrogen) atoms. The van der Waals surface area contributed by atoms with Gasteiger partial charge in [0.25, 0.3) is 0 Å². The maximum absolute atomic E-state index is 10.6. The molecular formula is C14H17N3O2. The number of aliphatic carboxylic acids is 1. The summed E-state index contributed by atoms with van der Waals surface area (Å²) in [5.41, 5.74) is 1.50. The zero-order valence-electron chi connectivity index (χ0n) is 10.7. The average Bonchev–Trinajstić information content (AvgIpc) is 2.45. The fourth-order valence-corrected chi connectivity index (χ4v) is 2.58. The van der Waals surface area contributed by atoms with Crippen LogP contribution in [0.2, 0.25) is 0 Å². The second kappa shape index (κ2) is 6.19. The smallest absolute Gasteiger partial charge is 0.303 e. The van der Waals surface area contributed by atoms with Gasteiger partial charge in [-0.3, -0.25) is 9.78 Å². The van der Waals surface area contributed by atoms with Gasteiger partial charge in [-0.2, -0.15) is 5.26 Å². The van der Waals surface area contributed by atoms with Crippen LogP contribution < -0.4 is 4.90 Å². The molecule has 1 N–H and O–H groups in total. The monoisotopic (exact) mass is 259 g/mol. The predicted molar refractivity (Wildman–Crippen MR) is 70.8 cm³/mol. The lowest BCUT2D eigenvalue weighted by Crippen LogP contribution is -2.36. The second-order valence-corrected chi connectivity index (χ2v) is 4.89. The summed E-state index contributed by atoms with van der Waals surface area (Å²) in [6.45, 7) is 1.72. The first kappa shape index (κ1) is 13.3. The third-order valence-electron chi connectivity index (χ3n) is 3.55. The Bertz CT molecular complexity index is 496. The Hall–Kier alpha value is -2.09. The Labute approximate surface area is 112 Å². The van der Waals surface area contributed by atoms with Crippen molar-refractivity contribution in [3.63, 3.8) is 0 Å². The normalized spacial score (nSPS) is 18.9. The van der Waals surface area contributed by atoms with Crippen molar-refractivity contribution in [1.82, 2.24) is 4.98 Å². The first-order valence-electron chi connectivity index (χ1n) is 6.51. The number of hydrogen-bond acceptors (Lipinski definition) is 4. The molecule has 0 aliphatic carbocycles. The minimum absolute atomic E-state index is 0.219. The van der Waals surface area contributed by atoms with E-state index in [-0.39, 0.29) is 6.42 Å². The number of carboxylic acid groups (broad SMARTS) is 1. The van der Waals surface area contributed by atoms with Crippen LogP contribution in [0.3, 0.4) is 0 Å². The minimum Gasteiger partial charge on any atom is -0.481 e. The average molecular weight is 259 g/mol. The lowest BCUT2D eigenvalue weighted by atomic mass is 9.93. The zero-order valence-corrected chi connectivity index (χ0v) is 10.7. The maximum Gasteiger partial charge on any atom is 0.303 e. The van der Waals surface area contributed by atoms with Crippen LogP contribution in [0.1, 0.15) is 31.2 Å². The number of rotatable bonds is 4. The van der Waals surface area contributed by atoms with Crippen LogP contribution in [0.5, 0.6) is 0 Å². The number of nitrogens with zero attached hydrogens (tertiary/aromatic N) is 3. The van der Waals surface area contributed by atoms with Crippen molar-refractivity contribution >= 4 is 11.7 Å². The summed E-state index contributed by atoms with van der Waals surface area (Å²) >= 11 is 0. The van der Waals surface area contributed by atoms with Gasteiger partial charge in [0.15, 0.2) is 0 Å². The summed E-state index contributed by atoms with van der Waals surface area (Å²) in [5.74, 6) is -0.354. The molecular weight excluding hydrogens is 242 g/mol. The van der Waals surface area contributed by atoms with Crippen LogP contribution in [-0.2, 0) is 4.79 Å². The molecule has 0 spiro atoms. The summed E-state index contributed by atoms with van der Waals surface area (Å²) < 4.78 is 0. The fourth-order valence-electron chi connectivity index (χ4n) is 2.58. The first-order chi connectivity index (χ1) is 9.20. The summed E-state index contributed by atoms with van der Waals surface area (Å²) in [6.07, 6.45) is 6.35. The molecule has 1 aliphatic rings. The Morgan fingerprint density at radius 2 is 2.47 bits per heavy atom. The molecule has 0 aromatic carbocycles. The Morgan fingerprint density at radius 3 is 3.21 bits per heavy atom. The Morgan fingerprint density at radius 1 is 1.63 bits per heavy atom. The van der Waals surface area contributed by atoms with Gasteiger partial charge in [-0.05, 0) is 31.2 Å². The molecule has 2 rings (SSSR count). The molecule has 0 bridgehead atoms. The van der Waals surface area contributed by atoms with Crippen molar-refractivity contribution in [1.29, 1.82) is 5.26 Å². The number of hydrogen-bond donors (Lipinski definition) is 1. The minimum atomic E-state index is -0.740. The van der Waals surface area contributed by atoms with Gasteiger partial charge in [0, 0.05) is 25.7 Å². The molecule has 5 heteroatoms. The molecule has 2 heterocycles. The van der Waals surface area contributed by atoms with Gasteiger partial charge in [-0.1, -0.05) is 0 Å². The molecule has 0 amide bonds. The number of anilines is 1. The summed E-state index contributed by atoms with van der Waals surface area (Å²) in [7, 11) is 0. The van der Waals surface area contributed by atoms with Crippen molar-refractivity contribution in [2.45, 2.75) is 25.7 Å². The predicted octanol–water partition coefficient (Wildman–Crippen LogP) is 2.03. The highest BCUT2D eigenvalue weighted by Crippen LogP contribution is 2.27. The second-order valence-electron chi connectivity index (χ2n) is 4.89. The van der Waals surface area contributed by atoms with Crippen LogP contribution >= 0.6 is 0 Å². The number of aromatic nitrogens is 1. The summed E-state index contributed by atoms with van der Waals surface area (Å²) in [4.78, 5) is 16.9. The van der Waals surface area contributed by atoms with Crippen LogP contribution in [0, 0.1) is 17.2 Å². The topological polar surface area (TPSA) is 77.2 Å². The molecule has 1 atom stereocenters. The van der Waals surface area contributed by atoms with E-state index in [4.69, 9.17) is 10.4 Å². The van der Waals surface area contributed by atoms with E-state index in [2.05, 4.69) is 16.0 Å². The van der Waals surface area contributed by atoms with Gasteiger partial charge in [0.1, 0.15) is 6.07 Å². The molecule has 0 radical (unpaired) electrons. The van der Waals surface area contributed by atoms with E-state index in [9.17, 15) is 4.79 Å². The lowest BCUT2D eigenvalue weighted by molar-refractivity contribution is -0.137. The number of carbonyl (C=O) groups is 1. The highest BCUT2D eigenvalue weighted by molar-refractivity contribution is 5.66. The first-order valence-corrected chi connectivity index (χ1v) is 6.51. The Balaban J connectivity index is 2.04. The van der Waals surface area contributed by atoms with E-state index < -0.39 is 5.97 Å². The molecule has 1 saturated heterocycles. The number of piperidine rings is 1. The van der Waals surface area contributed by atoms with Crippen LogP contribution in [-0.4, -0.2) is 29.1 Å². The number of pyridine rings is 1. The zero-order chi connectivity index (χ0) is 13.7. The highest BCUT2D eigenvalue weighted by Gasteiger charge is 2.22. The van der Waals surface area contributed by atoms with E-state index >= 15 is 0 Å². The quantitative estimate of drug-likeness (QED) is 0.895. The van der Waals surface area contributed by atoms with E-state index in [1.165, 1.54) is 0 Å². The maximum atomic E-state index is 10.6. The van der Waals surface area contributed by atoms with Crippen molar-refractivity contribution in [2.24, 2.45) is 5.92 Å². The van der Waals surface area contributed by atoms with Crippen LogP contribution in [0.25, 0.3) is 0 Å². The van der Waals surface area contributed by atoms with Gasteiger partial charge in [0.2, 0.25) is 0 Å². The SMILES string of the molecule is N#Cc1ccncc1N1CCCC(CCC(=O)O)C1. The lowest BCUT2D eigenvalue weighted by Gasteiger charge is -2.34. The highest BCUT2D eigenvalue weighted by atomic mass is 16.4. The molecule has 1 aromatic rings. The third-order valence-corrected chi connectivity index (χ3v) is 3.55. The summed E-state index contributed by atoms with van der Waals surface area (Å²) in [5, 5.41) is 17.9. The van der Waals surface area contributed by atoms with Gasteiger partial charge in [-0.25, -0.2) is 0 Å². The van der Waals surface area contributed by atoms with Crippen molar-refractivity contribution < 1.29 is 9.90 Å². The van der Waals surface area contributed by atoms with E-state index in [0.29, 0.717) is 17.9 Å². The van der Waals surface area contributed by atoms with Gasteiger partial charge >= 0.3 is 5.97 Å². The van der Waals surface area contributed by atoms with E-state index in [1.807, 2.05) is 0 Å². The molecule has 0 saturated carbocycles. The van der Waals surface area contributed by atoms with E-state index in [1.54, 1.807) is 18.5 Å². The van der Waals surface area contributed by atoms with Gasteiger partial charge in [0.05, 0.1) is 17.4 Å². The standard InChI is InChI=1S/C14H17N3O2/c15-8-12-5-6-16-9-13(12)17-7-1-2-11(10-17)3-4-14(18)19/h5-6,9,11H,1-4,7,10H2,(H,18,19). The van der Waals surface area contributed by atoms with Crippen LogP contribution in [0.4, 0.5) is 5.69 Å². The Kier molecular flexibility index (Phi) is 4.35. The van der Waals surface area contributed by atoms with Crippen molar-refractivity contribution in [3.05, 3.63) is 24.0 Å². The van der Waals surface area contributed by atoms with Gasteiger partial charge in [-0.15, -0.1) is 0 Å². The van der Waals surface area contributed by atoms with Crippen LogP contribution in [0.15, 0.2) is 18.5 Å². The summed E-state index contributed by atoms with van der Waals surface area (Å²) in [6, 6.07) is 3.90. The molecule has 100 valence electrons. The molecule has 1 fully saturated rings. The molecule has 5 nitrogen and oxygen atoms in total. The fraction of sp³-hybridized carbons (Fsp3) is 0.500.